The number of benzene rings is 1. The minimum Gasteiger partial charge on any atom is -0.496 e. The van der Waals surface area contributed by atoms with Crippen LogP contribution in [-0.2, 0) is 6.42 Å². The number of thioether (sulfide) groups is 1. The molecule has 0 saturated carbocycles. The van der Waals surface area contributed by atoms with Crippen molar-refractivity contribution < 1.29 is 9.66 Å². The van der Waals surface area contributed by atoms with Gasteiger partial charge in [0.15, 0.2) is 0 Å². The largest absolute Gasteiger partial charge is 0.496 e. The van der Waals surface area contributed by atoms with Crippen molar-refractivity contribution in [1.82, 2.24) is 5.32 Å². The molecule has 0 spiro atoms. The molecule has 19 heavy (non-hydrogen) atoms. The van der Waals surface area contributed by atoms with Crippen LogP contribution in [0.3, 0.4) is 0 Å². The Morgan fingerprint density at radius 1 is 1.53 bits per heavy atom. The first-order valence-corrected chi connectivity index (χ1v) is 7.37. The highest BCUT2D eigenvalue weighted by molar-refractivity contribution is 7.99. The van der Waals surface area contributed by atoms with Gasteiger partial charge >= 0.3 is 0 Å². The molecule has 1 fully saturated rings. The Labute approximate surface area is 116 Å². The van der Waals surface area contributed by atoms with Gasteiger partial charge in [0, 0.05) is 29.5 Å². The first kappa shape index (κ1) is 14.1. The number of nitrogens with one attached hydrogen (secondary N) is 1. The van der Waals surface area contributed by atoms with E-state index in [-0.39, 0.29) is 10.6 Å². The lowest BCUT2D eigenvalue weighted by Gasteiger charge is -2.19. The molecule has 0 bridgehead atoms. The lowest BCUT2D eigenvalue weighted by molar-refractivity contribution is -0.384. The predicted molar refractivity (Wildman–Crippen MR) is 77.0 cm³/mol. The van der Waals surface area contributed by atoms with Crippen LogP contribution in [0.1, 0.15) is 5.56 Å². The topological polar surface area (TPSA) is 64.4 Å². The highest BCUT2D eigenvalue weighted by atomic mass is 32.2. The Morgan fingerprint density at radius 3 is 2.95 bits per heavy atom. The summed E-state index contributed by atoms with van der Waals surface area (Å²) in [4.78, 5) is 10.5. The molecule has 104 valence electrons. The van der Waals surface area contributed by atoms with E-state index in [2.05, 4.69) is 5.32 Å². The van der Waals surface area contributed by atoms with Crippen LogP contribution in [-0.4, -0.2) is 36.6 Å². The van der Waals surface area contributed by atoms with Crippen LogP contribution >= 0.6 is 11.8 Å². The fourth-order valence-electron chi connectivity index (χ4n) is 2.44. The number of ether oxygens (including phenoxy) is 1. The molecular formula is C13H18N2O3S. The number of nitro groups is 1. The van der Waals surface area contributed by atoms with E-state index in [0.717, 1.165) is 29.2 Å². The van der Waals surface area contributed by atoms with E-state index in [4.69, 9.17) is 4.74 Å². The third-order valence-corrected chi connectivity index (χ3v) is 4.78. The fourth-order valence-corrected chi connectivity index (χ4v) is 3.92. The highest BCUT2D eigenvalue weighted by Crippen LogP contribution is 2.32. The monoisotopic (exact) mass is 282 g/mol. The predicted octanol–water partition coefficient (Wildman–Crippen LogP) is 2.10. The number of hydrogen-bond acceptors (Lipinski definition) is 5. The molecule has 1 aliphatic heterocycles. The van der Waals surface area contributed by atoms with E-state index >= 15 is 0 Å². The summed E-state index contributed by atoms with van der Waals surface area (Å²) in [6.07, 6.45) is 0.809. The molecule has 1 aliphatic rings. The fraction of sp³-hybridized carbons (Fsp3) is 0.538. The molecule has 1 saturated heterocycles. The second kappa shape index (κ2) is 6.25. The molecule has 0 aliphatic carbocycles. The third-order valence-electron chi connectivity index (χ3n) is 3.53. The molecule has 2 rings (SSSR count). The van der Waals surface area contributed by atoms with Crippen molar-refractivity contribution in [1.29, 1.82) is 0 Å². The van der Waals surface area contributed by atoms with Gasteiger partial charge in [-0.1, -0.05) is 0 Å². The maximum Gasteiger partial charge on any atom is 0.269 e. The summed E-state index contributed by atoms with van der Waals surface area (Å²) in [5.74, 6) is 3.40. The summed E-state index contributed by atoms with van der Waals surface area (Å²) in [5.41, 5.74) is 1.05. The van der Waals surface area contributed by atoms with Gasteiger partial charge in [0.25, 0.3) is 5.69 Å². The molecule has 1 heterocycles. The summed E-state index contributed by atoms with van der Waals surface area (Å²) in [6.45, 7) is 0. The molecule has 5 nitrogen and oxygen atoms in total. The van der Waals surface area contributed by atoms with E-state index in [9.17, 15) is 10.1 Å². The van der Waals surface area contributed by atoms with Crippen molar-refractivity contribution in [2.24, 2.45) is 5.92 Å². The van der Waals surface area contributed by atoms with Crippen LogP contribution in [0.5, 0.6) is 5.75 Å². The first-order valence-electron chi connectivity index (χ1n) is 6.22. The minimum atomic E-state index is -0.359. The van der Waals surface area contributed by atoms with Crippen molar-refractivity contribution in [2.75, 3.05) is 25.7 Å². The Hall–Kier alpha value is -1.27. The quantitative estimate of drug-likeness (QED) is 0.662. The molecule has 1 aromatic rings. The molecule has 0 aromatic heterocycles. The van der Waals surface area contributed by atoms with Gasteiger partial charge in [-0.15, -0.1) is 0 Å². The van der Waals surface area contributed by atoms with Gasteiger partial charge in [-0.3, -0.25) is 10.1 Å². The van der Waals surface area contributed by atoms with E-state index < -0.39 is 0 Å². The Bertz CT molecular complexity index is 467. The summed E-state index contributed by atoms with van der Waals surface area (Å²) in [7, 11) is 3.57. The SMILES string of the molecule is CNC1CSCC1Cc1cc([N+](=O)[O-])ccc1OC. The molecule has 0 amide bonds. The van der Waals surface area contributed by atoms with Gasteiger partial charge in [-0.05, 0) is 31.2 Å². The summed E-state index contributed by atoms with van der Waals surface area (Å²) in [5, 5.41) is 14.2. The van der Waals surface area contributed by atoms with Gasteiger partial charge in [0.1, 0.15) is 5.75 Å². The molecular weight excluding hydrogens is 264 g/mol. The first-order chi connectivity index (χ1) is 9.15. The van der Waals surface area contributed by atoms with Crippen LogP contribution in [0.15, 0.2) is 18.2 Å². The summed E-state index contributed by atoms with van der Waals surface area (Å²) < 4.78 is 5.31. The van der Waals surface area contributed by atoms with Crippen molar-refractivity contribution in [3.63, 3.8) is 0 Å². The third kappa shape index (κ3) is 3.19. The molecule has 2 atom stereocenters. The molecule has 0 radical (unpaired) electrons. The smallest absolute Gasteiger partial charge is 0.269 e. The Kier molecular flexibility index (Phi) is 4.66. The number of nitro benzene ring substituents is 1. The molecule has 1 N–H and O–H groups in total. The molecule has 6 heteroatoms. The number of methoxy groups -OCH3 is 1. The number of rotatable bonds is 5. The summed E-state index contributed by atoms with van der Waals surface area (Å²) in [6, 6.07) is 5.27. The Balaban J connectivity index is 2.22. The van der Waals surface area contributed by atoms with Gasteiger partial charge < -0.3 is 10.1 Å². The van der Waals surface area contributed by atoms with Gasteiger partial charge in [-0.25, -0.2) is 0 Å². The van der Waals surface area contributed by atoms with Crippen LogP contribution in [0.2, 0.25) is 0 Å². The lowest BCUT2D eigenvalue weighted by Crippen LogP contribution is -2.33. The van der Waals surface area contributed by atoms with Gasteiger partial charge in [0.05, 0.1) is 12.0 Å². The normalized spacial score (nSPS) is 22.4. The second-order valence-corrected chi connectivity index (χ2v) is 5.73. The van der Waals surface area contributed by atoms with Crippen molar-refractivity contribution in [2.45, 2.75) is 12.5 Å². The van der Waals surface area contributed by atoms with Crippen LogP contribution in [0.25, 0.3) is 0 Å². The van der Waals surface area contributed by atoms with E-state index in [1.54, 1.807) is 19.2 Å². The van der Waals surface area contributed by atoms with E-state index in [0.29, 0.717) is 12.0 Å². The lowest BCUT2D eigenvalue weighted by atomic mass is 9.94. The van der Waals surface area contributed by atoms with Crippen molar-refractivity contribution in [3.8, 4) is 5.75 Å². The zero-order chi connectivity index (χ0) is 13.8. The molecule has 1 aromatic carbocycles. The van der Waals surface area contributed by atoms with Crippen molar-refractivity contribution in [3.05, 3.63) is 33.9 Å². The van der Waals surface area contributed by atoms with Gasteiger partial charge in [-0.2, -0.15) is 11.8 Å². The standard InChI is InChI=1S/C13H18N2O3S/c1-14-12-8-19-7-10(12)5-9-6-11(15(16)17)3-4-13(9)18-2/h3-4,6,10,12,14H,5,7-8H2,1-2H3. The number of non-ortho nitro benzene ring substituents is 1. The highest BCUT2D eigenvalue weighted by Gasteiger charge is 2.28. The summed E-state index contributed by atoms with van der Waals surface area (Å²) >= 11 is 1.92. The maximum absolute atomic E-state index is 10.9. The maximum atomic E-state index is 10.9. The van der Waals surface area contributed by atoms with Crippen LogP contribution in [0.4, 0.5) is 5.69 Å². The van der Waals surface area contributed by atoms with E-state index in [1.165, 1.54) is 6.07 Å². The minimum absolute atomic E-state index is 0.127. The van der Waals surface area contributed by atoms with Gasteiger partial charge in [0.2, 0.25) is 0 Å². The van der Waals surface area contributed by atoms with Crippen LogP contribution < -0.4 is 10.1 Å². The average molecular weight is 282 g/mol. The number of hydrogen-bond donors (Lipinski definition) is 1. The molecule has 2 unspecified atom stereocenters. The Morgan fingerprint density at radius 2 is 2.32 bits per heavy atom. The zero-order valence-corrected chi connectivity index (χ0v) is 11.9. The zero-order valence-electron chi connectivity index (χ0n) is 11.1. The number of nitrogens with zero attached hydrogens (tertiary/aromatic N) is 1. The van der Waals surface area contributed by atoms with E-state index in [1.807, 2.05) is 18.8 Å². The van der Waals surface area contributed by atoms with Crippen molar-refractivity contribution >= 4 is 17.4 Å². The van der Waals surface area contributed by atoms with Crippen LogP contribution in [0, 0.1) is 16.0 Å². The second-order valence-electron chi connectivity index (χ2n) is 4.65. The average Bonchev–Trinajstić information content (AvgIpc) is 2.85.